The molecule has 5 heteroatoms. The first-order chi connectivity index (χ1) is 7.81. The van der Waals surface area contributed by atoms with Gasteiger partial charge in [-0.05, 0) is 37.3 Å². The zero-order valence-electron chi connectivity index (χ0n) is 9.67. The smallest absolute Gasteiger partial charge is 0.0895 e. The first kappa shape index (κ1) is 12.0. The Kier molecular flexibility index (Phi) is 4.26. The third-order valence-corrected chi connectivity index (χ3v) is 3.85. The maximum absolute atomic E-state index is 10.0. The van der Waals surface area contributed by atoms with E-state index in [1.807, 2.05) is 12.3 Å². The van der Waals surface area contributed by atoms with Crippen LogP contribution in [0.2, 0.25) is 0 Å². The van der Waals surface area contributed by atoms with Crippen LogP contribution in [0.3, 0.4) is 0 Å². The lowest BCUT2D eigenvalue weighted by atomic mass is 9.96. The van der Waals surface area contributed by atoms with Crippen LogP contribution in [0.5, 0.6) is 0 Å². The average Bonchev–Trinajstić information content (AvgIpc) is 2.82. The van der Waals surface area contributed by atoms with Crippen molar-refractivity contribution in [1.82, 2.24) is 14.5 Å². The molecule has 1 N–H and O–H groups in total. The number of aliphatic hydroxyl groups excluding tert-OH is 1. The normalized spacial score (nSPS) is 24.5. The maximum atomic E-state index is 10.0. The minimum absolute atomic E-state index is 0.202. The molecule has 0 spiro atoms. The summed E-state index contributed by atoms with van der Waals surface area (Å²) in [5.74, 6) is 0. The Balaban J connectivity index is 1.99. The number of piperidine rings is 1. The van der Waals surface area contributed by atoms with E-state index in [0.717, 1.165) is 31.6 Å². The molecule has 1 aromatic rings. The molecule has 0 saturated carbocycles. The SMILES string of the molecule is CCC(O)C1CCCCN1Cc1csnn1. The summed E-state index contributed by atoms with van der Waals surface area (Å²) in [6.45, 7) is 3.94. The van der Waals surface area contributed by atoms with E-state index in [1.165, 1.54) is 24.4 Å². The molecule has 0 radical (unpaired) electrons. The highest BCUT2D eigenvalue weighted by Gasteiger charge is 2.27. The summed E-state index contributed by atoms with van der Waals surface area (Å²) in [7, 11) is 0. The Morgan fingerprint density at radius 3 is 3.19 bits per heavy atom. The third kappa shape index (κ3) is 2.78. The Morgan fingerprint density at radius 2 is 2.50 bits per heavy atom. The molecule has 0 aromatic carbocycles. The molecule has 1 fully saturated rings. The van der Waals surface area contributed by atoms with Crippen LogP contribution in [0, 0.1) is 0 Å². The molecule has 0 amide bonds. The average molecular weight is 241 g/mol. The summed E-state index contributed by atoms with van der Waals surface area (Å²) >= 11 is 1.39. The van der Waals surface area contributed by atoms with Crippen LogP contribution in [-0.4, -0.2) is 38.3 Å². The minimum atomic E-state index is -0.202. The molecular formula is C11H19N3OS. The Hall–Kier alpha value is -0.520. The van der Waals surface area contributed by atoms with Crippen LogP contribution in [0.1, 0.15) is 38.3 Å². The number of aliphatic hydroxyl groups is 1. The fourth-order valence-electron chi connectivity index (χ4n) is 2.38. The highest BCUT2D eigenvalue weighted by molar-refractivity contribution is 7.03. The highest BCUT2D eigenvalue weighted by Crippen LogP contribution is 2.22. The number of aromatic nitrogens is 2. The van der Waals surface area contributed by atoms with Gasteiger partial charge in [-0.3, -0.25) is 4.90 Å². The van der Waals surface area contributed by atoms with Gasteiger partial charge in [0.2, 0.25) is 0 Å². The second-order valence-electron chi connectivity index (χ2n) is 4.41. The van der Waals surface area contributed by atoms with E-state index >= 15 is 0 Å². The van der Waals surface area contributed by atoms with Gasteiger partial charge in [0.1, 0.15) is 0 Å². The van der Waals surface area contributed by atoms with Gasteiger partial charge in [0, 0.05) is 18.0 Å². The summed E-state index contributed by atoms with van der Waals surface area (Å²) in [4.78, 5) is 2.36. The fraction of sp³-hybridized carbons (Fsp3) is 0.818. The lowest BCUT2D eigenvalue weighted by Crippen LogP contribution is -2.46. The highest BCUT2D eigenvalue weighted by atomic mass is 32.1. The van der Waals surface area contributed by atoms with E-state index < -0.39 is 0 Å². The van der Waals surface area contributed by atoms with Crippen LogP contribution >= 0.6 is 11.5 Å². The van der Waals surface area contributed by atoms with Gasteiger partial charge in [-0.2, -0.15) is 0 Å². The van der Waals surface area contributed by atoms with Crippen LogP contribution in [0.15, 0.2) is 5.38 Å². The van der Waals surface area contributed by atoms with Crippen molar-refractivity contribution in [3.05, 3.63) is 11.1 Å². The van der Waals surface area contributed by atoms with Crippen molar-refractivity contribution in [3.8, 4) is 0 Å². The first-order valence-electron chi connectivity index (χ1n) is 5.99. The number of likely N-dealkylation sites (tertiary alicyclic amines) is 1. The van der Waals surface area contributed by atoms with Crippen molar-refractivity contribution in [2.24, 2.45) is 0 Å². The van der Waals surface area contributed by atoms with Gasteiger partial charge in [-0.1, -0.05) is 17.8 Å². The van der Waals surface area contributed by atoms with Crippen molar-refractivity contribution >= 4 is 11.5 Å². The van der Waals surface area contributed by atoms with E-state index in [2.05, 4.69) is 14.5 Å². The lowest BCUT2D eigenvalue weighted by Gasteiger charge is -2.37. The molecule has 16 heavy (non-hydrogen) atoms. The lowest BCUT2D eigenvalue weighted by molar-refractivity contribution is 0.0189. The monoisotopic (exact) mass is 241 g/mol. The molecule has 1 aliphatic heterocycles. The van der Waals surface area contributed by atoms with Crippen molar-refractivity contribution in [2.45, 2.75) is 51.3 Å². The van der Waals surface area contributed by atoms with Crippen LogP contribution < -0.4 is 0 Å². The summed E-state index contributed by atoms with van der Waals surface area (Å²) in [6.07, 6.45) is 4.19. The Bertz CT molecular complexity index is 304. The van der Waals surface area contributed by atoms with E-state index in [1.54, 1.807) is 0 Å². The molecule has 2 atom stereocenters. The van der Waals surface area contributed by atoms with Crippen LogP contribution in [0.25, 0.3) is 0 Å². The molecule has 4 nitrogen and oxygen atoms in total. The predicted molar refractivity (Wildman–Crippen MR) is 64.3 cm³/mol. The number of hydrogen-bond donors (Lipinski definition) is 1. The summed E-state index contributed by atoms with van der Waals surface area (Å²) in [5, 5.41) is 16.1. The predicted octanol–water partition coefficient (Wildman–Crippen LogP) is 1.66. The summed E-state index contributed by atoms with van der Waals surface area (Å²) < 4.78 is 3.88. The molecule has 2 unspecified atom stereocenters. The number of nitrogens with zero attached hydrogens (tertiary/aromatic N) is 3. The van der Waals surface area contributed by atoms with Gasteiger partial charge in [0.15, 0.2) is 0 Å². The van der Waals surface area contributed by atoms with E-state index in [-0.39, 0.29) is 6.10 Å². The quantitative estimate of drug-likeness (QED) is 0.871. The largest absolute Gasteiger partial charge is 0.392 e. The topological polar surface area (TPSA) is 49.2 Å². The summed E-state index contributed by atoms with van der Waals surface area (Å²) in [6, 6.07) is 0.306. The van der Waals surface area contributed by atoms with E-state index in [4.69, 9.17) is 0 Å². The molecule has 2 heterocycles. The van der Waals surface area contributed by atoms with E-state index in [9.17, 15) is 5.11 Å². The minimum Gasteiger partial charge on any atom is -0.392 e. The Morgan fingerprint density at radius 1 is 1.62 bits per heavy atom. The molecule has 2 rings (SSSR count). The zero-order chi connectivity index (χ0) is 11.4. The standard InChI is InChI=1S/C11H19N3OS/c1-2-11(15)10-5-3-4-6-14(10)7-9-8-16-13-12-9/h8,10-11,15H,2-7H2,1H3. The van der Waals surface area contributed by atoms with Crippen molar-refractivity contribution in [3.63, 3.8) is 0 Å². The second kappa shape index (κ2) is 5.70. The fourth-order valence-corrected chi connectivity index (χ4v) is 2.82. The molecule has 0 aliphatic carbocycles. The summed E-state index contributed by atoms with van der Waals surface area (Å²) in [5.41, 5.74) is 1.03. The van der Waals surface area contributed by atoms with Gasteiger partial charge in [0.05, 0.1) is 11.8 Å². The molecule has 0 bridgehead atoms. The van der Waals surface area contributed by atoms with Gasteiger partial charge < -0.3 is 5.11 Å². The maximum Gasteiger partial charge on any atom is 0.0895 e. The zero-order valence-corrected chi connectivity index (χ0v) is 10.5. The van der Waals surface area contributed by atoms with Gasteiger partial charge in [0.25, 0.3) is 0 Å². The molecule has 1 aliphatic rings. The van der Waals surface area contributed by atoms with Crippen molar-refractivity contribution in [2.75, 3.05) is 6.54 Å². The molecule has 90 valence electrons. The third-order valence-electron chi connectivity index (χ3n) is 3.30. The van der Waals surface area contributed by atoms with Crippen LogP contribution in [-0.2, 0) is 6.54 Å². The van der Waals surface area contributed by atoms with Crippen molar-refractivity contribution in [1.29, 1.82) is 0 Å². The molecule has 1 aromatic heterocycles. The molecular weight excluding hydrogens is 222 g/mol. The second-order valence-corrected chi connectivity index (χ2v) is 5.02. The van der Waals surface area contributed by atoms with Gasteiger partial charge >= 0.3 is 0 Å². The van der Waals surface area contributed by atoms with E-state index in [0.29, 0.717) is 6.04 Å². The number of rotatable bonds is 4. The van der Waals surface area contributed by atoms with Crippen molar-refractivity contribution < 1.29 is 5.11 Å². The van der Waals surface area contributed by atoms with Gasteiger partial charge in [-0.15, -0.1) is 5.10 Å². The van der Waals surface area contributed by atoms with Gasteiger partial charge in [-0.25, -0.2) is 0 Å². The Labute approximate surface area is 100 Å². The number of hydrogen-bond acceptors (Lipinski definition) is 5. The van der Waals surface area contributed by atoms with Crippen LogP contribution in [0.4, 0.5) is 0 Å². The first-order valence-corrected chi connectivity index (χ1v) is 6.83. The molecule has 1 saturated heterocycles.